The lowest BCUT2D eigenvalue weighted by Gasteiger charge is -2.21. The fraction of sp³-hybridized carbons (Fsp3) is 0.200. The third-order valence-corrected chi connectivity index (χ3v) is 4.49. The van der Waals surface area contributed by atoms with E-state index in [1.165, 1.54) is 5.56 Å². The summed E-state index contributed by atoms with van der Waals surface area (Å²) < 4.78 is 1.11. The number of rotatable bonds is 3. The lowest BCUT2D eigenvalue weighted by Crippen LogP contribution is -2.14. The van der Waals surface area contributed by atoms with Gasteiger partial charge in [0.05, 0.1) is 10.2 Å². The standard InChI is InChI=1S/C15H16N4S/c1-10-8-20-14-13(10)17-9-18-15(14)19(2)12-6-4-3-5-11(12)7-16/h3-6,8-9H,7,16H2,1-2H3. The second-order valence-electron chi connectivity index (χ2n) is 4.69. The van der Waals surface area contributed by atoms with E-state index >= 15 is 0 Å². The summed E-state index contributed by atoms with van der Waals surface area (Å²) in [6, 6.07) is 8.13. The Labute approximate surface area is 121 Å². The fourth-order valence-corrected chi connectivity index (χ4v) is 3.35. The van der Waals surface area contributed by atoms with Gasteiger partial charge in [0.25, 0.3) is 0 Å². The number of nitrogens with zero attached hydrogens (tertiary/aromatic N) is 3. The molecule has 0 fully saturated rings. The van der Waals surface area contributed by atoms with Crippen molar-refractivity contribution in [2.75, 3.05) is 11.9 Å². The first kappa shape index (κ1) is 13.0. The van der Waals surface area contributed by atoms with Gasteiger partial charge in [0, 0.05) is 19.3 Å². The van der Waals surface area contributed by atoms with Crippen molar-refractivity contribution in [3.63, 3.8) is 0 Å². The number of anilines is 2. The number of hydrogen-bond acceptors (Lipinski definition) is 5. The Hall–Kier alpha value is -1.98. The fourth-order valence-electron chi connectivity index (χ4n) is 2.32. The van der Waals surface area contributed by atoms with E-state index in [1.807, 2.05) is 25.2 Å². The Bertz CT molecular complexity index is 750. The van der Waals surface area contributed by atoms with E-state index in [0.717, 1.165) is 27.3 Å². The number of benzene rings is 1. The molecule has 0 saturated heterocycles. The predicted molar refractivity (Wildman–Crippen MR) is 84.5 cm³/mol. The number of thiophene rings is 1. The van der Waals surface area contributed by atoms with Gasteiger partial charge in [-0.1, -0.05) is 18.2 Å². The molecular weight excluding hydrogens is 268 g/mol. The minimum Gasteiger partial charge on any atom is -0.328 e. The molecule has 0 aliphatic heterocycles. The number of aryl methyl sites for hydroxylation is 1. The zero-order chi connectivity index (χ0) is 14.1. The first-order valence-corrected chi connectivity index (χ1v) is 7.31. The summed E-state index contributed by atoms with van der Waals surface area (Å²) in [5, 5.41) is 2.12. The molecule has 0 aliphatic carbocycles. The quantitative estimate of drug-likeness (QED) is 0.802. The molecule has 0 atom stereocenters. The molecule has 0 unspecified atom stereocenters. The van der Waals surface area contributed by atoms with Crippen molar-refractivity contribution >= 4 is 33.1 Å². The molecule has 2 aromatic heterocycles. The molecule has 4 nitrogen and oxygen atoms in total. The maximum atomic E-state index is 5.83. The van der Waals surface area contributed by atoms with Crippen LogP contribution in [-0.2, 0) is 6.54 Å². The van der Waals surface area contributed by atoms with Gasteiger partial charge in [0.2, 0.25) is 0 Å². The van der Waals surface area contributed by atoms with Crippen molar-refractivity contribution in [1.82, 2.24) is 9.97 Å². The monoisotopic (exact) mass is 284 g/mol. The molecule has 1 aromatic carbocycles. The van der Waals surface area contributed by atoms with E-state index in [0.29, 0.717) is 6.54 Å². The van der Waals surface area contributed by atoms with Crippen LogP contribution in [0.1, 0.15) is 11.1 Å². The van der Waals surface area contributed by atoms with E-state index in [4.69, 9.17) is 5.73 Å². The van der Waals surface area contributed by atoms with Crippen molar-refractivity contribution in [2.24, 2.45) is 5.73 Å². The molecule has 0 radical (unpaired) electrons. The van der Waals surface area contributed by atoms with Crippen LogP contribution in [0.3, 0.4) is 0 Å². The van der Waals surface area contributed by atoms with Crippen molar-refractivity contribution in [2.45, 2.75) is 13.5 Å². The van der Waals surface area contributed by atoms with Gasteiger partial charge >= 0.3 is 0 Å². The molecule has 0 amide bonds. The molecule has 2 N–H and O–H groups in total. The lowest BCUT2D eigenvalue weighted by atomic mass is 10.1. The first-order valence-electron chi connectivity index (χ1n) is 6.43. The summed E-state index contributed by atoms with van der Waals surface area (Å²) in [5.74, 6) is 0.925. The third-order valence-electron chi connectivity index (χ3n) is 3.40. The van der Waals surface area contributed by atoms with Crippen LogP contribution in [0.4, 0.5) is 11.5 Å². The van der Waals surface area contributed by atoms with Crippen LogP contribution >= 0.6 is 11.3 Å². The number of hydrogen-bond donors (Lipinski definition) is 1. The number of nitrogens with two attached hydrogens (primary N) is 1. The van der Waals surface area contributed by atoms with Gasteiger partial charge in [0.1, 0.15) is 6.33 Å². The summed E-state index contributed by atoms with van der Waals surface area (Å²) in [4.78, 5) is 10.9. The van der Waals surface area contributed by atoms with Crippen molar-refractivity contribution in [3.05, 3.63) is 47.1 Å². The average molecular weight is 284 g/mol. The largest absolute Gasteiger partial charge is 0.328 e. The Morgan fingerprint density at radius 2 is 2.05 bits per heavy atom. The van der Waals surface area contributed by atoms with E-state index < -0.39 is 0 Å². The third kappa shape index (κ3) is 2.05. The number of fused-ring (bicyclic) bond motifs is 1. The summed E-state index contributed by atoms with van der Waals surface area (Å²) >= 11 is 1.68. The number of aromatic nitrogens is 2. The van der Waals surface area contributed by atoms with E-state index in [-0.39, 0.29) is 0 Å². The molecule has 20 heavy (non-hydrogen) atoms. The molecular formula is C15H16N4S. The minimum atomic E-state index is 0.512. The maximum Gasteiger partial charge on any atom is 0.154 e. The minimum absolute atomic E-state index is 0.512. The molecule has 5 heteroatoms. The second kappa shape index (κ2) is 5.19. The topological polar surface area (TPSA) is 55.0 Å². The average Bonchev–Trinajstić information content (AvgIpc) is 2.88. The van der Waals surface area contributed by atoms with Gasteiger partial charge in [-0.2, -0.15) is 0 Å². The smallest absolute Gasteiger partial charge is 0.154 e. The van der Waals surface area contributed by atoms with Gasteiger partial charge in [0.15, 0.2) is 5.82 Å². The van der Waals surface area contributed by atoms with Crippen LogP contribution in [0.5, 0.6) is 0 Å². The van der Waals surface area contributed by atoms with Crippen LogP contribution < -0.4 is 10.6 Å². The zero-order valence-corrected chi connectivity index (χ0v) is 12.3. The van der Waals surface area contributed by atoms with Crippen LogP contribution in [0, 0.1) is 6.92 Å². The highest BCUT2D eigenvalue weighted by atomic mass is 32.1. The molecule has 0 bridgehead atoms. The Balaban J connectivity index is 2.15. The summed E-state index contributed by atoms with van der Waals surface area (Å²) in [5.41, 5.74) is 10.2. The molecule has 0 spiro atoms. The van der Waals surface area contributed by atoms with E-state index in [9.17, 15) is 0 Å². The highest BCUT2D eigenvalue weighted by molar-refractivity contribution is 7.18. The Morgan fingerprint density at radius 1 is 1.25 bits per heavy atom. The molecule has 3 rings (SSSR count). The molecule has 0 aliphatic rings. The summed E-state index contributed by atoms with van der Waals surface area (Å²) in [6.45, 7) is 2.58. The molecule has 3 aromatic rings. The Kier molecular flexibility index (Phi) is 3.38. The van der Waals surface area contributed by atoms with Crippen LogP contribution in [0.25, 0.3) is 10.2 Å². The summed E-state index contributed by atoms with van der Waals surface area (Å²) in [6.07, 6.45) is 1.62. The molecule has 0 saturated carbocycles. The summed E-state index contributed by atoms with van der Waals surface area (Å²) in [7, 11) is 2.02. The van der Waals surface area contributed by atoms with E-state index in [1.54, 1.807) is 17.7 Å². The number of para-hydroxylation sites is 1. The van der Waals surface area contributed by atoms with Crippen LogP contribution in [0.15, 0.2) is 36.0 Å². The molecule has 2 heterocycles. The predicted octanol–water partition coefficient (Wildman–Crippen LogP) is 3.23. The maximum absolute atomic E-state index is 5.83. The van der Waals surface area contributed by atoms with Gasteiger partial charge < -0.3 is 10.6 Å². The second-order valence-corrected chi connectivity index (χ2v) is 5.57. The van der Waals surface area contributed by atoms with Gasteiger partial charge in [-0.3, -0.25) is 0 Å². The Morgan fingerprint density at radius 3 is 2.85 bits per heavy atom. The van der Waals surface area contributed by atoms with Gasteiger partial charge in [-0.15, -0.1) is 11.3 Å². The first-order chi connectivity index (χ1) is 9.72. The van der Waals surface area contributed by atoms with Crippen LogP contribution in [-0.4, -0.2) is 17.0 Å². The van der Waals surface area contributed by atoms with Crippen LogP contribution in [0.2, 0.25) is 0 Å². The zero-order valence-electron chi connectivity index (χ0n) is 11.5. The highest BCUT2D eigenvalue weighted by Crippen LogP contribution is 2.34. The SMILES string of the molecule is Cc1csc2c(N(C)c3ccccc3CN)ncnc12. The van der Waals surface area contributed by atoms with E-state index in [2.05, 4.69) is 33.2 Å². The molecule has 102 valence electrons. The van der Waals surface area contributed by atoms with Crippen molar-refractivity contribution in [3.8, 4) is 0 Å². The van der Waals surface area contributed by atoms with Crippen molar-refractivity contribution < 1.29 is 0 Å². The lowest BCUT2D eigenvalue weighted by molar-refractivity contribution is 1.03. The van der Waals surface area contributed by atoms with Gasteiger partial charge in [-0.25, -0.2) is 9.97 Å². The van der Waals surface area contributed by atoms with Crippen molar-refractivity contribution in [1.29, 1.82) is 0 Å². The normalized spacial score (nSPS) is 10.9. The highest BCUT2D eigenvalue weighted by Gasteiger charge is 2.14. The van der Waals surface area contributed by atoms with Gasteiger partial charge in [-0.05, 0) is 29.5 Å².